The van der Waals surface area contributed by atoms with Gasteiger partial charge in [0.2, 0.25) is 5.82 Å². The lowest BCUT2D eigenvalue weighted by atomic mass is 10.2. The number of benzene rings is 2. The van der Waals surface area contributed by atoms with Crippen LogP contribution in [0, 0.1) is 3.57 Å². The standard InChI is InChI=1S/C14H8ClIN2O3/c15-9-5-8(2-3-11(9)19)14-17-13(18-21-14)7-1-4-12(20)10(16)6-7/h1-6,19-20H. The van der Waals surface area contributed by atoms with Gasteiger partial charge in [-0.1, -0.05) is 16.8 Å². The normalized spacial score (nSPS) is 10.8. The highest BCUT2D eigenvalue weighted by molar-refractivity contribution is 14.1. The van der Waals surface area contributed by atoms with E-state index in [1.54, 1.807) is 30.3 Å². The molecule has 3 rings (SSSR count). The largest absolute Gasteiger partial charge is 0.507 e. The number of phenolic OH excluding ortho intramolecular Hbond substituents is 2. The van der Waals surface area contributed by atoms with Crippen LogP contribution in [-0.4, -0.2) is 20.4 Å². The highest BCUT2D eigenvalue weighted by Crippen LogP contribution is 2.30. The van der Waals surface area contributed by atoms with E-state index in [0.29, 0.717) is 20.8 Å². The molecule has 0 aliphatic carbocycles. The molecule has 0 atom stereocenters. The molecule has 3 aromatic rings. The second-order valence-corrected chi connectivity index (χ2v) is 5.82. The molecule has 0 saturated carbocycles. The Hall–Kier alpha value is -1.80. The first-order valence-corrected chi connectivity index (χ1v) is 7.32. The Balaban J connectivity index is 1.99. The topological polar surface area (TPSA) is 79.4 Å². The summed E-state index contributed by atoms with van der Waals surface area (Å²) in [6.45, 7) is 0. The van der Waals surface area contributed by atoms with E-state index in [9.17, 15) is 10.2 Å². The summed E-state index contributed by atoms with van der Waals surface area (Å²) in [5, 5.41) is 23.1. The number of aromatic hydroxyl groups is 2. The third kappa shape index (κ3) is 2.81. The van der Waals surface area contributed by atoms with Crippen molar-refractivity contribution in [3.8, 4) is 34.3 Å². The first kappa shape index (κ1) is 14.2. The number of hydrogen-bond acceptors (Lipinski definition) is 5. The minimum Gasteiger partial charge on any atom is -0.507 e. The fourth-order valence-electron chi connectivity index (χ4n) is 1.74. The number of nitrogens with zero attached hydrogens (tertiary/aromatic N) is 2. The van der Waals surface area contributed by atoms with E-state index in [-0.39, 0.29) is 16.5 Å². The maximum absolute atomic E-state index is 9.52. The number of rotatable bonds is 2. The minimum absolute atomic E-state index is 0.00626. The van der Waals surface area contributed by atoms with Gasteiger partial charge in [0.1, 0.15) is 11.5 Å². The molecule has 1 heterocycles. The van der Waals surface area contributed by atoms with Gasteiger partial charge in [-0.2, -0.15) is 4.98 Å². The second-order valence-electron chi connectivity index (χ2n) is 4.26. The van der Waals surface area contributed by atoms with Gasteiger partial charge in [-0.25, -0.2) is 0 Å². The lowest BCUT2D eigenvalue weighted by molar-refractivity contribution is 0.432. The summed E-state index contributed by atoms with van der Waals surface area (Å²) in [6.07, 6.45) is 0. The fourth-order valence-corrected chi connectivity index (χ4v) is 2.44. The zero-order valence-electron chi connectivity index (χ0n) is 10.4. The van der Waals surface area contributed by atoms with Gasteiger partial charge in [0.05, 0.1) is 8.59 Å². The van der Waals surface area contributed by atoms with Gasteiger partial charge in [-0.15, -0.1) is 0 Å². The molecule has 7 heteroatoms. The first-order valence-electron chi connectivity index (χ1n) is 5.86. The van der Waals surface area contributed by atoms with Crippen LogP contribution in [0.4, 0.5) is 0 Å². The molecule has 106 valence electrons. The molecule has 0 amide bonds. The lowest BCUT2D eigenvalue weighted by Gasteiger charge is -1.99. The van der Waals surface area contributed by atoms with Crippen LogP contribution in [0.2, 0.25) is 5.02 Å². The quantitative estimate of drug-likeness (QED) is 0.618. The fraction of sp³-hybridized carbons (Fsp3) is 0. The molecule has 2 aromatic carbocycles. The molecular weight excluding hydrogens is 407 g/mol. The van der Waals surface area contributed by atoms with Crippen LogP contribution in [0.25, 0.3) is 22.8 Å². The highest BCUT2D eigenvalue weighted by atomic mass is 127. The van der Waals surface area contributed by atoms with Gasteiger partial charge in [0.15, 0.2) is 0 Å². The Morgan fingerprint density at radius 2 is 1.71 bits per heavy atom. The molecule has 0 unspecified atom stereocenters. The molecule has 0 aliphatic rings. The van der Waals surface area contributed by atoms with Crippen molar-refractivity contribution in [3.05, 3.63) is 45.0 Å². The summed E-state index contributed by atoms with van der Waals surface area (Å²) in [5.74, 6) is 0.906. The molecule has 5 nitrogen and oxygen atoms in total. The van der Waals surface area contributed by atoms with E-state index in [1.165, 1.54) is 6.07 Å². The van der Waals surface area contributed by atoms with Gasteiger partial charge in [-0.05, 0) is 59.0 Å². The average molecular weight is 415 g/mol. The third-order valence-corrected chi connectivity index (χ3v) is 3.99. The SMILES string of the molecule is Oc1ccc(-c2nc(-c3ccc(O)c(I)c3)no2)cc1Cl. The van der Waals surface area contributed by atoms with Crippen LogP contribution in [-0.2, 0) is 0 Å². The summed E-state index contributed by atoms with van der Waals surface area (Å²) in [7, 11) is 0. The van der Waals surface area contributed by atoms with Crippen molar-refractivity contribution in [2.75, 3.05) is 0 Å². The van der Waals surface area contributed by atoms with Gasteiger partial charge in [0.25, 0.3) is 5.89 Å². The maximum atomic E-state index is 9.52. The Morgan fingerprint density at radius 3 is 2.43 bits per heavy atom. The molecule has 0 radical (unpaired) electrons. The predicted octanol–water partition coefficient (Wildman–Crippen LogP) is 4.07. The van der Waals surface area contributed by atoms with Gasteiger partial charge in [-0.3, -0.25) is 0 Å². The zero-order chi connectivity index (χ0) is 15.0. The average Bonchev–Trinajstić information content (AvgIpc) is 2.94. The van der Waals surface area contributed by atoms with Crippen molar-refractivity contribution in [2.45, 2.75) is 0 Å². The van der Waals surface area contributed by atoms with E-state index in [0.717, 1.165) is 5.56 Å². The molecule has 0 spiro atoms. The Labute approximate surface area is 138 Å². The van der Waals surface area contributed by atoms with Gasteiger partial charge < -0.3 is 14.7 Å². The molecular formula is C14H8ClIN2O3. The summed E-state index contributed by atoms with van der Waals surface area (Å²) >= 11 is 7.88. The summed E-state index contributed by atoms with van der Waals surface area (Å²) < 4.78 is 5.90. The van der Waals surface area contributed by atoms with Crippen LogP contribution in [0.5, 0.6) is 11.5 Å². The third-order valence-electron chi connectivity index (χ3n) is 2.83. The predicted molar refractivity (Wildman–Crippen MR) is 86.2 cm³/mol. The van der Waals surface area contributed by atoms with Crippen molar-refractivity contribution in [3.63, 3.8) is 0 Å². The molecule has 1 aromatic heterocycles. The molecule has 0 aliphatic heterocycles. The van der Waals surface area contributed by atoms with Crippen molar-refractivity contribution >= 4 is 34.2 Å². The van der Waals surface area contributed by atoms with Crippen LogP contribution < -0.4 is 0 Å². The van der Waals surface area contributed by atoms with Crippen molar-refractivity contribution in [1.82, 2.24) is 10.1 Å². The molecule has 0 bridgehead atoms. The van der Waals surface area contributed by atoms with Gasteiger partial charge >= 0.3 is 0 Å². The zero-order valence-corrected chi connectivity index (χ0v) is 13.3. The van der Waals surface area contributed by atoms with Crippen molar-refractivity contribution < 1.29 is 14.7 Å². The van der Waals surface area contributed by atoms with Crippen LogP contribution in [0.3, 0.4) is 0 Å². The van der Waals surface area contributed by atoms with E-state index in [2.05, 4.69) is 10.1 Å². The number of phenols is 2. The summed E-state index contributed by atoms with van der Waals surface area (Å²) in [4.78, 5) is 4.29. The first-order chi connectivity index (χ1) is 10.0. The Kier molecular flexibility index (Phi) is 3.73. The van der Waals surface area contributed by atoms with Crippen molar-refractivity contribution in [2.24, 2.45) is 0 Å². The van der Waals surface area contributed by atoms with Crippen molar-refractivity contribution in [1.29, 1.82) is 0 Å². The van der Waals surface area contributed by atoms with Crippen LogP contribution >= 0.6 is 34.2 Å². The second kappa shape index (κ2) is 5.53. The molecule has 0 saturated heterocycles. The number of hydrogen-bond donors (Lipinski definition) is 2. The smallest absolute Gasteiger partial charge is 0.258 e. The van der Waals surface area contributed by atoms with E-state index >= 15 is 0 Å². The highest BCUT2D eigenvalue weighted by Gasteiger charge is 2.13. The molecule has 21 heavy (non-hydrogen) atoms. The number of halogens is 2. The monoisotopic (exact) mass is 414 g/mol. The van der Waals surface area contributed by atoms with Crippen LogP contribution in [0.15, 0.2) is 40.9 Å². The molecule has 0 fully saturated rings. The van der Waals surface area contributed by atoms with E-state index in [1.807, 2.05) is 22.6 Å². The van der Waals surface area contributed by atoms with E-state index in [4.69, 9.17) is 16.1 Å². The molecule has 2 N–H and O–H groups in total. The maximum Gasteiger partial charge on any atom is 0.258 e. The Morgan fingerprint density at radius 1 is 1.00 bits per heavy atom. The van der Waals surface area contributed by atoms with Gasteiger partial charge in [0, 0.05) is 11.1 Å². The minimum atomic E-state index is -0.00626. The van der Waals surface area contributed by atoms with E-state index < -0.39 is 0 Å². The summed E-state index contributed by atoms with van der Waals surface area (Å²) in [5.41, 5.74) is 1.35. The number of aromatic nitrogens is 2. The lowest BCUT2D eigenvalue weighted by Crippen LogP contribution is -1.83. The van der Waals surface area contributed by atoms with Crippen LogP contribution in [0.1, 0.15) is 0 Å². The Bertz CT molecular complexity index is 754. The summed E-state index contributed by atoms with van der Waals surface area (Å²) in [6, 6.07) is 9.69.